The van der Waals surface area contributed by atoms with E-state index in [1.165, 1.54) is 6.42 Å². The predicted octanol–water partition coefficient (Wildman–Crippen LogP) is 2.31. The number of methoxy groups -OCH3 is 2. The maximum absolute atomic E-state index is 10.1. The Hall–Kier alpha value is -1.26. The molecule has 0 amide bonds. The number of aliphatic hydroxyl groups excluding tert-OH is 1. The second-order valence-corrected chi connectivity index (χ2v) is 4.51. The molecule has 0 spiro atoms. The van der Waals surface area contributed by atoms with Crippen LogP contribution in [0.3, 0.4) is 0 Å². The first kappa shape index (κ1) is 13.2. The number of hydrogen-bond donors (Lipinski definition) is 1. The molecule has 18 heavy (non-hydrogen) atoms. The number of ether oxygens (including phenoxy) is 3. The van der Waals surface area contributed by atoms with Crippen LogP contribution < -0.4 is 9.47 Å². The minimum Gasteiger partial charge on any atom is -0.497 e. The van der Waals surface area contributed by atoms with Crippen LogP contribution in [0.4, 0.5) is 0 Å². The van der Waals surface area contributed by atoms with Gasteiger partial charge in [-0.25, -0.2) is 0 Å². The van der Waals surface area contributed by atoms with E-state index in [4.69, 9.17) is 14.2 Å². The van der Waals surface area contributed by atoms with E-state index in [-0.39, 0.29) is 0 Å². The van der Waals surface area contributed by atoms with Gasteiger partial charge in [0.2, 0.25) is 0 Å². The summed E-state index contributed by atoms with van der Waals surface area (Å²) in [5.41, 5.74) is 0.734. The summed E-state index contributed by atoms with van der Waals surface area (Å²) in [6, 6.07) is 5.39. The van der Waals surface area contributed by atoms with Gasteiger partial charge in [0.25, 0.3) is 0 Å². The summed E-state index contributed by atoms with van der Waals surface area (Å²) in [5.74, 6) is 1.33. The number of rotatable bonds is 6. The summed E-state index contributed by atoms with van der Waals surface area (Å²) in [6.07, 6.45) is 3.10. The lowest BCUT2D eigenvalue weighted by Gasteiger charge is -2.27. The fourth-order valence-corrected chi connectivity index (χ4v) is 1.95. The molecule has 0 bridgehead atoms. The van der Waals surface area contributed by atoms with Crippen molar-refractivity contribution in [2.45, 2.75) is 31.5 Å². The monoisotopic (exact) mass is 252 g/mol. The molecule has 1 saturated carbocycles. The second kappa shape index (κ2) is 6.07. The lowest BCUT2D eigenvalue weighted by atomic mass is 9.96. The minimum absolute atomic E-state index is 0.313. The molecule has 1 atom stereocenters. The quantitative estimate of drug-likeness (QED) is 0.844. The SMILES string of the molecule is COc1ccc(C(O)COC2CCC2)c(OC)c1. The molecule has 2 rings (SSSR count). The summed E-state index contributed by atoms with van der Waals surface area (Å²) in [6.45, 7) is 0.313. The van der Waals surface area contributed by atoms with E-state index in [1.54, 1.807) is 20.3 Å². The summed E-state index contributed by atoms with van der Waals surface area (Å²) >= 11 is 0. The van der Waals surface area contributed by atoms with Gasteiger partial charge in [0.1, 0.15) is 17.6 Å². The molecule has 1 aromatic carbocycles. The van der Waals surface area contributed by atoms with Gasteiger partial charge in [-0.05, 0) is 31.4 Å². The Balaban J connectivity index is 2.00. The fraction of sp³-hybridized carbons (Fsp3) is 0.571. The lowest BCUT2D eigenvalue weighted by molar-refractivity contribution is -0.0431. The molecule has 1 N–H and O–H groups in total. The smallest absolute Gasteiger partial charge is 0.128 e. The van der Waals surface area contributed by atoms with Crippen molar-refractivity contribution in [1.29, 1.82) is 0 Å². The van der Waals surface area contributed by atoms with Gasteiger partial charge in [-0.3, -0.25) is 0 Å². The van der Waals surface area contributed by atoms with E-state index in [9.17, 15) is 5.11 Å². The summed E-state index contributed by atoms with van der Waals surface area (Å²) in [7, 11) is 3.18. The molecular formula is C14H20O4. The molecule has 0 heterocycles. The molecule has 0 aliphatic heterocycles. The largest absolute Gasteiger partial charge is 0.497 e. The van der Waals surface area contributed by atoms with Gasteiger partial charge in [0, 0.05) is 11.6 Å². The topological polar surface area (TPSA) is 47.9 Å². The van der Waals surface area contributed by atoms with Crippen LogP contribution in [-0.4, -0.2) is 32.0 Å². The molecule has 0 radical (unpaired) electrons. The van der Waals surface area contributed by atoms with Crippen molar-refractivity contribution in [2.75, 3.05) is 20.8 Å². The van der Waals surface area contributed by atoms with Crippen LogP contribution in [0.1, 0.15) is 30.9 Å². The van der Waals surface area contributed by atoms with Crippen LogP contribution in [0.5, 0.6) is 11.5 Å². The Morgan fingerprint density at radius 1 is 1.28 bits per heavy atom. The van der Waals surface area contributed by atoms with E-state index in [0.29, 0.717) is 24.2 Å². The van der Waals surface area contributed by atoms with Crippen molar-refractivity contribution in [3.05, 3.63) is 23.8 Å². The maximum atomic E-state index is 10.1. The van der Waals surface area contributed by atoms with Gasteiger partial charge in [-0.2, -0.15) is 0 Å². The fourth-order valence-electron chi connectivity index (χ4n) is 1.95. The van der Waals surface area contributed by atoms with Gasteiger partial charge < -0.3 is 19.3 Å². The first-order valence-electron chi connectivity index (χ1n) is 6.26. The molecule has 100 valence electrons. The molecule has 4 nitrogen and oxygen atoms in total. The lowest BCUT2D eigenvalue weighted by Crippen LogP contribution is -2.24. The van der Waals surface area contributed by atoms with E-state index >= 15 is 0 Å². The summed E-state index contributed by atoms with van der Waals surface area (Å²) in [5, 5.41) is 10.1. The molecule has 0 aromatic heterocycles. The van der Waals surface area contributed by atoms with Crippen molar-refractivity contribution >= 4 is 0 Å². The zero-order valence-electron chi connectivity index (χ0n) is 10.9. The molecule has 1 unspecified atom stereocenters. The normalized spacial score (nSPS) is 17.1. The predicted molar refractivity (Wildman–Crippen MR) is 68.1 cm³/mol. The molecular weight excluding hydrogens is 232 g/mol. The van der Waals surface area contributed by atoms with Gasteiger partial charge in [-0.15, -0.1) is 0 Å². The Labute approximate surface area is 107 Å². The van der Waals surface area contributed by atoms with Crippen molar-refractivity contribution in [3.63, 3.8) is 0 Å². The van der Waals surface area contributed by atoms with Gasteiger partial charge in [-0.1, -0.05) is 0 Å². The number of hydrogen-bond acceptors (Lipinski definition) is 4. The van der Waals surface area contributed by atoms with Gasteiger partial charge in [0.05, 0.1) is 26.9 Å². The Morgan fingerprint density at radius 3 is 2.61 bits per heavy atom. The van der Waals surface area contributed by atoms with E-state index in [1.807, 2.05) is 12.1 Å². The molecule has 1 aliphatic carbocycles. The molecule has 1 fully saturated rings. The average Bonchev–Trinajstić information content (AvgIpc) is 2.35. The summed E-state index contributed by atoms with van der Waals surface area (Å²) in [4.78, 5) is 0. The molecule has 0 saturated heterocycles. The number of benzene rings is 1. The minimum atomic E-state index is -0.661. The van der Waals surface area contributed by atoms with Crippen LogP contribution in [0.25, 0.3) is 0 Å². The Bertz CT molecular complexity index is 387. The van der Waals surface area contributed by atoms with Crippen LogP contribution >= 0.6 is 0 Å². The van der Waals surface area contributed by atoms with E-state index in [0.717, 1.165) is 18.4 Å². The molecule has 1 aliphatic rings. The number of aliphatic hydroxyl groups is 1. The highest BCUT2D eigenvalue weighted by Gasteiger charge is 2.21. The van der Waals surface area contributed by atoms with E-state index in [2.05, 4.69) is 0 Å². The zero-order valence-corrected chi connectivity index (χ0v) is 10.9. The first-order valence-corrected chi connectivity index (χ1v) is 6.26. The van der Waals surface area contributed by atoms with Crippen LogP contribution in [-0.2, 0) is 4.74 Å². The van der Waals surface area contributed by atoms with Gasteiger partial charge in [0.15, 0.2) is 0 Å². The van der Waals surface area contributed by atoms with Crippen molar-refractivity contribution in [2.24, 2.45) is 0 Å². The zero-order chi connectivity index (χ0) is 13.0. The maximum Gasteiger partial charge on any atom is 0.128 e. The van der Waals surface area contributed by atoms with Crippen LogP contribution in [0.15, 0.2) is 18.2 Å². The highest BCUT2D eigenvalue weighted by Crippen LogP contribution is 2.31. The second-order valence-electron chi connectivity index (χ2n) is 4.51. The Kier molecular flexibility index (Phi) is 4.44. The standard InChI is InChI=1S/C14H20O4/c1-16-11-6-7-12(14(8-11)17-2)13(15)9-18-10-4-3-5-10/h6-8,10,13,15H,3-5,9H2,1-2H3. The van der Waals surface area contributed by atoms with Crippen LogP contribution in [0.2, 0.25) is 0 Å². The summed E-state index contributed by atoms with van der Waals surface area (Å²) < 4.78 is 16.0. The average molecular weight is 252 g/mol. The van der Waals surface area contributed by atoms with Gasteiger partial charge >= 0.3 is 0 Å². The highest BCUT2D eigenvalue weighted by molar-refractivity contribution is 5.41. The van der Waals surface area contributed by atoms with Crippen LogP contribution in [0, 0.1) is 0 Å². The first-order chi connectivity index (χ1) is 8.74. The van der Waals surface area contributed by atoms with Crippen molar-refractivity contribution in [1.82, 2.24) is 0 Å². The molecule has 4 heteroatoms. The molecule has 1 aromatic rings. The third-order valence-electron chi connectivity index (χ3n) is 3.34. The highest BCUT2D eigenvalue weighted by atomic mass is 16.5. The third kappa shape index (κ3) is 2.94. The van der Waals surface area contributed by atoms with E-state index < -0.39 is 6.10 Å². The third-order valence-corrected chi connectivity index (χ3v) is 3.34. The van der Waals surface area contributed by atoms with Crippen molar-refractivity contribution < 1.29 is 19.3 Å². The van der Waals surface area contributed by atoms with Crippen molar-refractivity contribution in [3.8, 4) is 11.5 Å². The Morgan fingerprint density at radius 2 is 2.06 bits per heavy atom.